The van der Waals surface area contributed by atoms with E-state index in [-0.39, 0.29) is 11.5 Å². The fourth-order valence-corrected chi connectivity index (χ4v) is 9.74. The maximum Gasteiger partial charge on any atom is 0.138 e. The van der Waals surface area contributed by atoms with Crippen molar-refractivity contribution in [3.05, 3.63) is 205 Å². The lowest BCUT2D eigenvalue weighted by atomic mass is 9.72. The molecule has 0 amide bonds. The molecule has 3 unspecified atom stereocenters. The van der Waals surface area contributed by atoms with Gasteiger partial charge in [0.15, 0.2) is 0 Å². The number of para-hydroxylation sites is 3. The molecule has 3 nitrogen and oxygen atoms in total. The molecule has 2 aliphatic carbocycles. The molecule has 0 spiro atoms. The molecule has 3 heterocycles. The Morgan fingerprint density at radius 2 is 1.27 bits per heavy atom. The van der Waals surface area contributed by atoms with Crippen molar-refractivity contribution in [1.29, 1.82) is 0 Å². The monoisotopic (exact) mass is 719 g/mol. The van der Waals surface area contributed by atoms with Gasteiger partial charge in [-0.2, -0.15) is 0 Å². The van der Waals surface area contributed by atoms with Crippen LogP contribution < -0.4 is 4.90 Å². The van der Waals surface area contributed by atoms with Crippen molar-refractivity contribution in [2.24, 2.45) is 11.3 Å². The molecular weight excluding hydrogens is 679 g/mol. The lowest BCUT2D eigenvalue weighted by molar-refractivity contribution is 0.484. The summed E-state index contributed by atoms with van der Waals surface area (Å²) in [7, 11) is 0. The molecule has 6 aromatic carbocycles. The maximum atomic E-state index is 5.38. The second-order valence-corrected chi connectivity index (χ2v) is 15.8. The van der Waals surface area contributed by atoms with Gasteiger partial charge in [0.25, 0.3) is 0 Å². The molecular formula is C53H41N3. The Bertz CT molecular complexity index is 2960. The summed E-state index contributed by atoms with van der Waals surface area (Å²) in [6, 6.07) is 57.5. The fraction of sp³-hybridized carbons (Fsp3) is 0.113. The van der Waals surface area contributed by atoms with Gasteiger partial charge in [0, 0.05) is 33.0 Å². The first-order valence-electron chi connectivity index (χ1n) is 19.8. The Morgan fingerprint density at radius 3 is 2.09 bits per heavy atom. The van der Waals surface area contributed by atoms with Crippen LogP contribution in [-0.4, -0.2) is 15.6 Å². The number of hydrogen-bond acceptors (Lipinski definition) is 2. The molecule has 268 valence electrons. The van der Waals surface area contributed by atoms with Crippen molar-refractivity contribution < 1.29 is 0 Å². The van der Waals surface area contributed by atoms with Crippen LogP contribution in [0.4, 0.5) is 5.69 Å². The van der Waals surface area contributed by atoms with Gasteiger partial charge in [0.05, 0.1) is 22.6 Å². The predicted octanol–water partition coefficient (Wildman–Crippen LogP) is 13.4. The average Bonchev–Trinajstić information content (AvgIpc) is 3.71. The SMILES string of the molecule is CC1CC2=C(C=C1c1ccc3c4ccccc4n(-c4cc(-c5ccc(-c6ccccc6)cc5)c5ccccc5n4)c3c1)C1(C)C=CC=CC1N2c1ccccc1. The maximum absolute atomic E-state index is 5.38. The van der Waals surface area contributed by atoms with Gasteiger partial charge in [-0.15, -0.1) is 0 Å². The summed E-state index contributed by atoms with van der Waals surface area (Å²) in [5.41, 5.74) is 14.8. The molecule has 11 rings (SSSR count). The van der Waals surface area contributed by atoms with Crippen LogP contribution >= 0.6 is 0 Å². The van der Waals surface area contributed by atoms with E-state index in [1.54, 1.807) is 0 Å². The zero-order valence-electron chi connectivity index (χ0n) is 31.6. The van der Waals surface area contributed by atoms with Crippen molar-refractivity contribution in [3.8, 4) is 28.1 Å². The van der Waals surface area contributed by atoms with Gasteiger partial charge in [0.2, 0.25) is 0 Å². The second kappa shape index (κ2) is 12.7. The minimum Gasteiger partial charge on any atom is -0.337 e. The van der Waals surface area contributed by atoms with Crippen LogP contribution in [0.1, 0.15) is 25.8 Å². The van der Waals surface area contributed by atoms with Crippen molar-refractivity contribution in [3.63, 3.8) is 0 Å². The molecule has 0 fully saturated rings. The van der Waals surface area contributed by atoms with Crippen LogP contribution in [0, 0.1) is 11.3 Å². The molecule has 0 bridgehead atoms. The number of allylic oxidation sites excluding steroid dienone is 5. The van der Waals surface area contributed by atoms with Gasteiger partial charge < -0.3 is 4.90 Å². The summed E-state index contributed by atoms with van der Waals surface area (Å²) in [6.45, 7) is 4.81. The minimum absolute atomic E-state index is 0.116. The topological polar surface area (TPSA) is 21.1 Å². The Balaban J connectivity index is 1.08. The first kappa shape index (κ1) is 32.7. The fourth-order valence-electron chi connectivity index (χ4n) is 9.74. The lowest BCUT2D eigenvalue weighted by Crippen LogP contribution is -2.38. The number of hydrogen-bond donors (Lipinski definition) is 0. The van der Waals surface area contributed by atoms with E-state index >= 15 is 0 Å². The van der Waals surface area contributed by atoms with Gasteiger partial charge in [-0.3, -0.25) is 4.57 Å². The zero-order chi connectivity index (χ0) is 37.4. The highest BCUT2D eigenvalue weighted by Gasteiger charge is 2.49. The van der Waals surface area contributed by atoms with Gasteiger partial charge in [0.1, 0.15) is 5.82 Å². The van der Waals surface area contributed by atoms with E-state index in [1.807, 2.05) is 0 Å². The quantitative estimate of drug-likeness (QED) is 0.177. The number of rotatable bonds is 5. The highest BCUT2D eigenvalue weighted by molar-refractivity contribution is 6.10. The Labute approximate surface area is 327 Å². The third kappa shape index (κ3) is 5.00. The molecule has 0 saturated carbocycles. The summed E-state index contributed by atoms with van der Waals surface area (Å²) >= 11 is 0. The highest BCUT2D eigenvalue weighted by atomic mass is 15.2. The van der Waals surface area contributed by atoms with E-state index in [4.69, 9.17) is 4.98 Å². The van der Waals surface area contributed by atoms with Crippen LogP contribution in [0.2, 0.25) is 0 Å². The van der Waals surface area contributed by atoms with Crippen LogP contribution in [-0.2, 0) is 0 Å². The largest absolute Gasteiger partial charge is 0.337 e. The predicted molar refractivity (Wildman–Crippen MR) is 235 cm³/mol. The summed E-state index contributed by atoms with van der Waals surface area (Å²) in [4.78, 5) is 7.98. The lowest BCUT2D eigenvalue weighted by Gasteiger charge is -2.36. The van der Waals surface area contributed by atoms with Crippen LogP contribution in [0.25, 0.3) is 66.4 Å². The molecule has 0 radical (unpaired) electrons. The van der Waals surface area contributed by atoms with E-state index in [2.05, 4.69) is 211 Å². The van der Waals surface area contributed by atoms with E-state index in [0.717, 1.165) is 28.7 Å². The van der Waals surface area contributed by atoms with Gasteiger partial charge in [-0.05, 0) is 94.6 Å². The van der Waals surface area contributed by atoms with Crippen LogP contribution in [0.5, 0.6) is 0 Å². The van der Waals surface area contributed by atoms with Crippen LogP contribution in [0.3, 0.4) is 0 Å². The molecule has 3 aliphatic rings. The molecule has 56 heavy (non-hydrogen) atoms. The standard InChI is InChI=1S/C53H41N3/c1-35-31-50-46(53(2)30-14-13-23-51(53)55(50)40-17-7-4-8-18-40)33-44(35)39-28-29-43-42-20-10-12-22-48(42)56(49(43)32-39)52-34-45(41-19-9-11-21-47(41)54-52)38-26-24-37(25-27-38)36-15-5-3-6-16-36/h3-30,32-35,51H,31H2,1-2H3. The first-order valence-corrected chi connectivity index (χ1v) is 19.8. The van der Waals surface area contributed by atoms with Gasteiger partial charge in [-0.1, -0.05) is 159 Å². The summed E-state index contributed by atoms with van der Waals surface area (Å²) in [5, 5.41) is 3.62. The minimum atomic E-state index is -0.116. The number of fused-ring (bicyclic) bond motifs is 6. The molecule has 0 N–H and O–H groups in total. The number of benzene rings is 6. The molecule has 2 aromatic heterocycles. The van der Waals surface area contributed by atoms with Crippen molar-refractivity contribution in [2.75, 3.05) is 4.90 Å². The third-order valence-corrected chi connectivity index (χ3v) is 12.5. The number of anilines is 1. The van der Waals surface area contributed by atoms with Gasteiger partial charge >= 0.3 is 0 Å². The first-order chi connectivity index (χ1) is 27.5. The van der Waals surface area contributed by atoms with E-state index in [1.165, 1.54) is 66.6 Å². The molecule has 8 aromatic rings. The van der Waals surface area contributed by atoms with Crippen LogP contribution in [0.15, 0.2) is 199 Å². The number of nitrogens with zero attached hydrogens (tertiary/aromatic N) is 3. The summed E-state index contributed by atoms with van der Waals surface area (Å²) in [5.74, 6) is 1.27. The van der Waals surface area contributed by atoms with E-state index in [9.17, 15) is 0 Å². The van der Waals surface area contributed by atoms with E-state index in [0.29, 0.717) is 5.92 Å². The zero-order valence-corrected chi connectivity index (χ0v) is 31.6. The van der Waals surface area contributed by atoms with Crippen molar-refractivity contribution in [2.45, 2.75) is 26.3 Å². The Hall–Kier alpha value is -6.71. The van der Waals surface area contributed by atoms with Crippen molar-refractivity contribution in [1.82, 2.24) is 9.55 Å². The number of pyridine rings is 1. The molecule has 3 heteroatoms. The highest BCUT2D eigenvalue weighted by Crippen LogP contribution is 2.55. The average molecular weight is 720 g/mol. The summed E-state index contributed by atoms with van der Waals surface area (Å²) in [6.07, 6.45) is 12.8. The Kier molecular flexibility index (Phi) is 7.40. The normalized spacial score (nSPS) is 20.2. The third-order valence-electron chi connectivity index (χ3n) is 12.5. The second-order valence-electron chi connectivity index (χ2n) is 15.8. The van der Waals surface area contributed by atoms with E-state index < -0.39 is 0 Å². The molecule has 1 aliphatic heterocycles. The Morgan fingerprint density at radius 1 is 0.607 bits per heavy atom. The molecule has 0 saturated heterocycles. The van der Waals surface area contributed by atoms with Gasteiger partial charge in [-0.25, -0.2) is 4.98 Å². The molecule has 3 atom stereocenters. The van der Waals surface area contributed by atoms with Crippen molar-refractivity contribution >= 4 is 44.0 Å². The summed E-state index contributed by atoms with van der Waals surface area (Å²) < 4.78 is 2.39. The number of aromatic nitrogens is 2. The smallest absolute Gasteiger partial charge is 0.138 e.